The molecule has 4 rings (SSSR count). The van der Waals surface area contributed by atoms with Gasteiger partial charge in [0.05, 0.1) is 22.8 Å². The Hall–Kier alpha value is -3.35. The van der Waals surface area contributed by atoms with Crippen LogP contribution in [-0.4, -0.2) is 53.4 Å². The molecule has 1 fully saturated rings. The minimum atomic E-state index is -0.462. The van der Waals surface area contributed by atoms with Crippen LogP contribution in [0.3, 0.4) is 0 Å². The number of carbonyl (C=O) groups excluding carboxylic acids is 1. The minimum absolute atomic E-state index is 0.101. The Balaban J connectivity index is 1.38. The molecule has 0 spiro atoms. The highest BCUT2D eigenvalue weighted by Crippen LogP contribution is 2.27. The van der Waals surface area contributed by atoms with Crippen LogP contribution in [0.4, 0.5) is 10.1 Å². The average Bonchev–Trinajstić information content (AvgIpc) is 3.07. The molecule has 0 saturated carbocycles. The van der Waals surface area contributed by atoms with Crippen LogP contribution >= 0.6 is 0 Å². The van der Waals surface area contributed by atoms with E-state index in [0.29, 0.717) is 26.2 Å². The van der Waals surface area contributed by atoms with Crippen molar-refractivity contribution in [2.75, 3.05) is 37.7 Å². The number of piperazine rings is 1. The predicted molar refractivity (Wildman–Crippen MR) is 114 cm³/mol. The molecule has 0 unspecified atom stereocenters. The van der Waals surface area contributed by atoms with Crippen molar-refractivity contribution in [1.82, 2.24) is 14.7 Å². The molecule has 0 aliphatic carbocycles. The summed E-state index contributed by atoms with van der Waals surface area (Å²) in [4.78, 5) is 16.5. The molecular weight excluding hydrogens is 383 g/mol. The van der Waals surface area contributed by atoms with E-state index >= 15 is 0 Å². The number of anilines is 1. The van der Waals surface area contributed by atoms with Gasteiger partial charge in [0.2, 0.25) is 0 Å². The second kappa shape index (κ2) is 8.57. The highest BCUT2D eigenvalue weighted by molar-refractivity contribution is 5.78. The number of hydrogen-bond donors (Lipinski definition) is 0. The first-order valence-corrected chi connectivity index (χ1v) is 10.1. The standard InChI is InChI=1S/C23H25FN4O2/c1-17-23(18(2)28(25-17)19-8-4-3-5-9-19)27-14-12-26(13-15-27)22(29)16-30-21-11-7-6-10-20(21)24/h3-11H,12-16H2,1-2H3. The van der Waals surface area contributed by atoms with Crippen molar-refractivity contribution in [3.05, 3.63) is 71.8 Å². The van der Waals surface area contributed by atoms with Crippen molar-refractivity contribution < 1.29 is 13.9 Å². The van der Waals surface area contributed by atoms with Crippen LogP contribution in [-0.2, 0) is 4.79 Å². The highest BCUT2D eigenvalue weighted by atomic mass is 19.1. The van der Waals surface area contributed by atoms with E-state index in [1.54, 1.807) is 17.0 Å². The lowest BCUT2D eigenvalue weighted by Gasteiger charge is -2.36. The van der Waals surface area contributed by atoms with Gasteiger partial charge < -0.3 is 14.5 Å². The Kier molecular flexibility index (Phi) is 5.70. The molecule has 0 radical (unpaired) electrons. The van der Waals surface area contributed by atoms with Crippen LogP contribution in [0.25, 0.3) is 5.69 Å². The monoisotopic (exact) mass is 408 g/mol. The summed E-state index contributed by atoms with van der Waals surface area (Å²) >= 11 is 0. The maximum absolute atomic E-state index is 13.7. The second-order valence-electron chi connectivity index (χ2n) is 7.35. The van der Waals surface area contributed by atoms with Gasteiger partial charge in [-0.2, -0.15) is 5.10 Å². The van der Waals surface area contributed by atoms with E-state index in [0.717, 1.165) is 22.8 Å². The number of carbonyl (C=O) groups is 1. The fourth-order valence-electron chi connectivity index (χ4n) is 3.88. The van der Waals surface area contributed by atoms with Crippen molar-refractivity contribution in [2.45, 2.75) is 13.8 Å². The molecule has 156 valence electrons. The number of amides is 1. The smallest absolute Gasteiger partial charge is 0.260 e. The molecule has 30 heavy (non-hydrogen) atoms. The molecule has 1 aliphatic heterocycles. The number of aromatic nitrogens is 2. The van der Waals surface area contributed by atoms with Crippen LogP contribution < -0.4 is 9.64 Å². The number of aryl methyl sites for hydroxylation is 1. The van der Waals surface area contributed by atoms with Gasteiger partial charge in [-0.15, -0.1) is 0 Å². The van der Waals surface area contributed by atoms with Gasteiger partial charge >= 0.3 is 0 Å². The molecular formula is C23H25FN4O2. The fraction of sp³-hybridized carbons (Fsp3) is 0.304. The normalized spacial score (nSPS) is 14.1. The van der Waals surface area contributed by atoms with E-state index in [9.17, 15) is 9.18 Å². The summed E-state index contributed by atoms with van der Waals surface area (Å²) in [5.74, 6) is -0.494. The Labute approximate surface area is 175 Å². The summed E-state index contributed by atoms with van der Waals surface area (Å²) in [5.41, 5.74) is 4.21. The zero-order chi connectivity index (χ0) is 21.1. The molecule has 0 atom stereocenters. The molecule has 2 aromatic carbocycles. The number of rotatable bonds is 5. The fourth-order valence-corrected chi connectivity index (χ4v) is 3.88. The van der Waals surface area contributed by atoms with Crippen molar-refractivity contribution in [2.24, 2.45) is 0 Å². The van der Waals surface area contributed by atoms with Crippen molar-refractivity contribution in [3.8, 4) is 11.4 Å². The van der Waals surface area contributed by atoms with E-state index in [-0.39, 0.29) is 18.3 Å². The summed E-state index contributed by atoms with van der Waals surface area (Å²) < 4.78 is 21.0. The van der Waals surface area contributed by atoms with Gasteiger partial charge in [-0.05, 0) is 38.1 Å². The first-order valence-electron chi connectivity index (χ1n) is 10.1. The maximum Gasteiger partial charge on any atom is 0.260 e. The van der Waals surface area contributed by atoms with Gasteiger partial charge in [-0.3, -0.25) is 4.79 Å². The number of nitrogens with zero attached hydrogens (tertiary/aromatic N) is 4. The first-order chi connectivity index (χ1) is 14.5. The molecule has 3 aromatic rings. The zero-order valence-corrected chi connectivity index (χ0v) is 17.2. The molecule has 1 amide bonds. The van der Waals surface area contributed by atoms with Gasteiger partial charge in [0, 0.05) is 26.2 Å². The summed E-state index contributed by atoms with van der Waals surface area (Å²) in [6, 6.07) is 16.2. The maximum atomic E-state index is 13.7. The number of benzene rings is 2. The molecule has 7 heteroatoms. The molecule has 1 saturated heterocycles. The Morgan fingerprint density at radius 3 is 2.37 bits per heavy atom. The third-order valence-corrected chi connectivity index (χ3v) is 5.39. The summed E-state index contributed by atoms with van der Waals surface area (Å²) in [5, 5.41) is 4.72. The van der Waals surface area contributed by atoms with Gasteiger partial charge in [0.15, 0.2) is 18.2 Å². The van der Waals surface area contributed by atoms with E-state index in [2.05, 4.69) is 11.8 Å². The third kappa shape index (κ3) is 4.01. The molecule has 6 nitrogen and oxygen atoms in total. The predicted octanol–water partition coefficient (Wildman–Crippen LogP) is 3.36. The largest absolute Gasteiger partial charge is 0.481 e. The van der Waals surface area contributed by atoms with Crippen LogP contribution in [0.1, 0.15) is 11.4 Å². The van der Waals surface area contributed by atoms with Crippen LogP contribution in [0.5, 0.6) is 5.75 Å². The SMILES string of the molecule is Cc1nn(-c2ccccc2)c(C)c1N1CCN(C(=O)COc2ccccc2F)CC1. The number of para-hydroxylation sites is 2. The van der Waals surface area contributed by atoms with E-state index < -0.39 is 5.82 Å². The van der Waals surface area contributed by atoms with Crippen LogP contribution in [0, 0.1) is 19.7 Å². The van der Waals surface area contributed by atoms with Gasteiger partial charge in [-0.25, -0.2) is 9.07 Å². The first kappa shape index (κ1) is 19.9. The van der Waals surface area contributed by atoms with E-state index in [4.69, 9.17) is 9.84 Å². The molecule has 2 heterocycles. The Bertz CT molecular complexity index is 1030. The Morgan fingerprint density at radius 1 is 1.00 bits per heavy atom. The molecule has 1 aliphatic rings. The van der Waals surface area contributed by atoms with Gasteiger partial charge in [0.1, 0.15) is 0 Å². The zero-order valence-electron chi connectivity index (χ0n) is 17.2. The van der Waals surface area contributed by atoms with Crippen molar-refractivity contribution in [1.29, 1.82) is 0 Å². The van der Waals surface area contributed by atoms with E-state index in [1.165, 1.54) is 12.1 Å². The van der Waals surface area contributed by atoms with Gasteiger partial charge in [0.25, 0.3) is 5.91 Å². The second-order valence-corrected chi connectivity index (χ2v) is 7.35. The number of halogens is 1. The topological polar surface area (TPSA) is 50.6 Å². The van der Waals surface area contributed by atoms with Crippen LogP contribution in [0.2, 0.25) is 0 Å². The highest BCUT2D eigenvalue weighted by Gasteiger charge is 2.25. The quantitative estimate of drug-likeness (QED) is 0.650. The van der Waals surface area contributed by atoms with Gasteiger partial charge in [-0.1, -0.05) is 30.3 Å². The minimum Gasteiger partial charge on any atom is -0.481 e. The lowest BCUT2D eigenvalue weighted by molar-refractivity contribution is -0.133. The summed E-state index contributed by atoms with van der Waals surface area (Å²) in [6.07, 6.45) is 0. The number of ether oxygens (including phenoxy) is 1. The van der Waals surface area contributed by atoms with Crippen LogP contribution in [0.15, 0.2) is 54.6 Å². The van der Waals surface area contributed by atoms with E-state index in [1.807, 2.05) is 41.9 Å². The summed E-state index contributed by atoms with van der Waals surface area (Å²) in [7, 11) is 0. The van der Waals surface area contributed by atoms with Crippen molar-refractivity contribution >= 4 is 11.6 Å². The molecule has 0 bridgehead atoms. The van der Waals surface area contributed by atoms with Crippen molar-refractivity contribution in [3.63, 3.8) is 0 Å². The lowest BCUT2D eigenvalue weighted by atomic mass is 10.2. The molecule has 0 N–H and O–H groups in total. The molecule has 1 aromatic heterocycles. The third-order valence-electron chi connectivity index (χ3n) is 5.39. The average molecular weight is 408 g/mol. The number of hydrogen-bond acceptors (Lipinski definition) is 4. The Morgan fingerprint density at radius 2 is 1.67 bits per heavy atom. The summed E-state index contributed by atoms with van der Waals surface area (Å²) in [6.45, 7) is 6.54. The lowest BCUT2D eigenvalue weighted by Crippen LogP contribution is -2.50.